The lowest BCUT2D eigenvalue weighted by atomic mass is 10.1. The van der Waals surface area contributed by atoms with Crippen LogP contribution in [-0.4, -0.2) is 25.0 Å². The number of aryl methyl sites for hydroxylation is 1. The number of urea groups is 1. The fourth-order valence-electron chi connectivity index (χ4n) is 3.51. The van der Waals surface area contributed by atoms with Crippen molar-refractivity contribution >= 4 is 68.7 Å². The zero-order valence-corrected chi connectivity index (χ0v) is 22.2. The van der Waals surface area contributed by atoms with E-state index < -0.39 is 17.8 Å². The van der Waals surface area contributed by atoms with E-state index in [9.17, 15) is 14.4 Å². The van der Waals surface area contributed by atoms with Crippen LogP contribution in [0.3, 0.4) is 0 Å². The van der Waals surface area contributed by atoms with Crippen LogP contribution in [0.2, 0.25) is 10.0 Å². The van der Waals surface area contributed by atoms with E-state index >= 15 is 0 Å². The van der Waals surface area contributed by atoms with Crippen molar-refractivity contribution in [3.63, 3.8) is 0 Å². The second-order valence-electron chi connectivity index (χ2n) is 7.84. The average molecular weight is 590 g/mol. The van der Waals surface area contributed by atoms with Crippen molar-refractivity contribution in [2.75, 3.05) is 12.0 Å². The lowest BCUT2D eigenvalue weighted by Gasteiger charge is -2.26. The molecule has 10 heteroatoms. The van der Waals surface area contributed by atoms with Crippen molar-refractivity contribution in [2.24, 2.45) is 0 Å². The maximum Gasteiger partial charge on any atom is 0.335 e. The summed E-state index contributed by atoms with van der Waals surface area (Å²) in [5, 5.41) is 3.10. The predicted molar refractivity (Wildman–Crippen MR) is 142 cm³/mol. The third-order valence-corrected chi connectivity index (χ3v) is 7.01. The third kappa shape index (κ3) is 5.41. The molecule has 7 nitrogen and oxygen atoms in total. The van der Waals surface area contributed by atoms with Crippen LogP contribution < -0.4 is 19.7 Å². The second kappa shape index (κ2) is 10.7. The number of imide groups is 2. The van der Waals surface area contributed by atoms with Gasteiger partial charge in [-0.05, 0) is 72.2 Å². The van der Waals surface area contributed by atoms with Gasteiger partial charge in [-0.25, -0.2) is 9.69 Å². The van der Waals surface area contributed by atoms with Crippen molar-refractivity contribution in [2.45, 2.75) is 13.5 Å². The molecule has 3 aromatic rings. The lowest BCUT2D eigenvalue weighted by Crippen LogP contribution is -2.54. The summed E-state index contributed by atoms with van der Waals surface area (Å²) in [6.07, 6.45) is 1.40. The Labute approximate surface area is 225 Å². The molecule has 0 aliphatic carbocycles. The number of hydrogen-bond donors (Lipinski definition) is 1. The minimum absolute atomic E-state index is 0.193. The largest absolute Gasteiger partial charge is 0.493 e. The van der Waals surface area contributed by atoms with Gasteiger partial charge in [-0.15, -0.1) is 0 Å². The first-order chi connectivity index (χ1) is 17.2. The number of hydrogen-bond acceptors (Lipinski definition) is 5. The molecule has 1 aliphatic heterocycles. The van der Waals surface area contributed by atoms with Crippen LogP contribution in [0, 0.1) is 6.92 Å². The van der Waals surface area contributed by atoms with Crippen LogP contribution in [0.4, 0.5) is 10.5 Å². The molecular weight excluding hydrogens is 571 g/mol. The van der Waals surface area contributed by atoms with E-state index in [0.717, 1.165) is 20.5 Å². The average Bonchev–Trinajstić information content (AvgIpc) is 2.84. The van der Waals surface area contributed by atoms with Gasteiger partial charge in [0, 0.05) is 4.47 Å². The molecule has 0 saturated carbocycles. The van der Waals surface area contributed by atoms with Crippen molar-refractivity contribution < 1.29 is 23.9 Å². The number of barbiturate groups is 1. The van der Waals surface area contributed by atoms with Gasteiger partial charge in [0.2, 0.25) is 0 Å². The highest BCUT2D eigenvalue weighted by molar-refractivity contribution is 9.10. The third-order valence-electron chi connectivity index (χ3n) is 5.38. The summed E-state index contributed by atoms with van der Waals surface area (Å²) in [5.74, 6) is -0.671. The summed E-state index contributed by atoms with van der Waals surface area (Å²) in [4.78, 5) is 39.1. The molecule has 0 aromatic heterocycles. The van der Waals surface area contributed by atoms with Gasteiger partial charge in [0.1, 0.15) is 12.2 Å². The molecule has 0 unspecified atom stereocenters. The highest BCUT2D eigenvalue weighted by Crippen LogP contribution is 2.32. The van der Waals surface area contributed by atoms with Gasteiger partial charge in [0.15, 0.2) is 11.5 Å². The maximum absolute atomic E-state index is 13.2. The number of nitrogens with one attached hydrogen (secondary N) is 1. The smallest absolute Gasteiger partial charge is 0.335 e. The van der Waals surface area contributed by atoms with Crippen molar-refractivity contribution in [1.29, 1.82) is 0 Å². The van der Waals surface area contributed by atoms with Gasteiger partial charge >= 0.3 is 6.03 Å². The van der Waals surface area contributed by atoms with Crippen molar-refractivity contribution in [1.82, 2.24) is 5.32 Å². The minimum atomic E-state index is -0.812. The normalized spacial score (nSPS) is 14.8. The Kier molecular flexibility index (Phi) is 7.68. The predicted octanol–water partition coefficient (Wildman–Crippen LogP) is 6.32. The number of benzene rings is 3. The van der Waals surface area contributed by atoms with E-state index in [2.05, 4.69) is 21.2 Å². The fourth-order valence-corrected chi connectivity index (χ4v) is 4.08. The van der Waals surface area contributed by atoms with Gasteiger partial charge in [0.05, 0.1) is 22.8 Å². The molecule has 1 N–H and O–H groups in total. The molecule has 4 amide bonds. The van der Waals surface area contributed by atoms with Crippen LogP contribution in [-0.2, 0) is 16.2 Å². The Hall–Kier alpha value is -3.33. The Bertz CT molecular complexity index is 1420. The zero-order chi connectivity index (χ0) is 26.0. The maximum atomic E-state index is 13.2. The number of methoxy groups -OCH3 is 1. The van der Waals surface area contributed by atoms with E-state index in [1.165, 1.54) is 13.2 Å². The van der Waals surface area contributed by atoms with Gasteiger partial charge in [0.25, 0.3) is 11.8 Å². The molecule has 4 rings (SSSR count). The SMILES string of the molecule is COc1cc(/C=C2\C(=O)NC(=O)N(c3ccc(Br)c(C)c3)C2=O)ccc1OCc1ccc(Cl)c(Cl)c1. The molecule has 184 valence electrons. The number of amides is 4. The van der Waals surface area contributed by atoms with Crippen LogP contribution in [0.1, 0.15) is 16.7 Å². The number of carbonyl (C=O) groups is 3. The van der Waals surface area contributed by atoms with Gasteiger partial charge in [-0.3, -0.25) is 14.9 Å². The monoisotopic (exact) mass is 588 g/mol. The highest BCUT2D eigenvalue weighted by Gasteiger charge is 2.37. The Balaban J connectivity index is 1.59. The fraction of sp³-hybridized carbons (Fsp3) is 0.115. The molecule has 0 bridgehead atoms. The van der Waals surface area contributed by atoms with Gasteiger partial charge < -0.3 is 9.47 Å². The molecule has 0 atom stereocenters. The summed E-state index contributed by atoms with van der Waals surface area (Å²) < 4.78 is 12.1. The number of ether oxygens (including phenoxy) is 2. The number of rotatable bonds is 6. The Morgan fingerprint density at radius 2 is 1.75 bits per heavy atom. The highest BCUT2D eigenvalue weighted by atomic mass is 79.9. The zero-order valence-electron chi connectivity index (χ0n) is 19.1. The first-order valence-corrected chi connectivity index (χ1v) is 12.1. The molecular formula is C26H19BrCl2N2O5. The molecule has 1 saturated heterocycles. The van der Waals surface area contributed by atoms with Crippen molar-refractivity contribution in [3.05, 3.63) is 91.4 Å². The summed E-state index contributed by atoms with van der Waals surface area (Å²) in [5.41, 5.74) is 2.31. The van der Waals surface area contributed by atoms with E-state index in [1.54, 1.807) is 54.6 Å². The quantitative estimate of drug-likeness (QED) is 0.269. The number of nitrogens with zero attached hydrogens (tertiary/aromatic N) is 1. The summed E-state index contributed by atoms with van der Waals surface area (Å²) in [7, 11) is 1.48. The topological polar surface area (TPSA) is 84.9 Å². The number of halogens is 3. The van der Waals surface area contributed by atoms with E-state index in [4.69, 9.17) is 32.7 Å². The van der Waals surface area contributed by atoms with Crippen LogP contribution >= 0.6 is 39.1 Å². The molecule has 1 heterocycles. The standard InChI is InChI=1S/C26H19BrCl2N2O5/c1-14-9-17(5-6-19(14)27)31-25(33)18(24(32)30-26(31)34)10-15-4-8-22(23(12-15)35-2)36-13-16-3-7-20(28)21(29)11-16/h3-12H,13H2,1-2H3,(H,30,32,34)/b18-10+. The summed E-state index contributed by atoms with van der Waals surface area (Å²) in [6.45, 7) is 2.05. The van der Waals surface area contributed by atoms with Gasteiger partial charge in [-0.1, -0.05) is 51.3 Å². The van der Waals surface area contributed by atoms with Crippen LogP contribution in [0.15, 0.2) is 64.6 Å². The first-order valence-electron chi connectivity index (χ1n) is 10.6. The molecule has 3 aromatic carbocycles. The molecule has 0 spiro atoms. The molecule has 36 heavy (non-hydrogen) atoms. The summed E-state index contributed by atoms with van der Waals surface area (Å²) in [6, 6.07) is 14.4. The summed E-state index contributed by atoms with van der Waals surface area (Å²) >= 11 is 15.4. The van der Waals surface area contributed by atoms with E-state index in [-0.39, 0.29) is 12.2 Å². The molecule has 1 fully saturated rings. The Morgan fingerprint density at radius 3 is 2.44 bits per heavy atom. The second-order valence-corrected chi connectivity index (χ2v) is 9.51. The van der Waals surface area contributed by atoms with E-state index in [0.29, 0.717) is 32.8 Å². The van der Waals surface area contributed by atoms with Crippen LogP contribution in [0.25, 0.3) is 6.08 Å². The molecule has 0 radical (unpaired) electrons. The van der Waals surface area contributed by atoms with Crippen LogP contribution in [0.5, 0.6) is 11.5 Å². The Morgan fingerprint density at radius 1 is 0.972 bits per heavy atom. The lowest BCUT2D eigenvalue weighted by molar-refractivity contribution is -0.122. The van der Waals surface area contributed by atoms with E-state index in [1.807, 2.05) is 6.92 Å². The van der Waals surface area contributed by atoms with Gasteiger partial charge in [-0.2, -0.15) is 0 Å². The first kappa shape index (κ1) is 25.8. The number of carbonyl (C=O) groups excluding carboxylic acids is 3. The number of anilines is 1. The minimum Gasteiger partial charge on any atom is -0.493 e. The van der Waals surface area contributed by atoms with Crippen molar-refractivity contribution in [3.8, 4) is 11.5 Å². The molecule has 1 aliphatic rings.